The van der Waals surface area contributed by atoms with Gasteiger partial charge in [0.25, 0.3) is 0 Å². The summed E-state index contributed by atoms with van der Waals surface area (Å²) in [7, 11) is 0. The predicted molar refractivity (Wildman–Crippen MR) is 116 cm³/mol. The van der Waals surface area contributed by atoms with E-state index >= 15 is 0 Å². The maximum atomic E-state index is 13.0. The lowest BCUT2D eigenvalue weighted by atomic mass is 9.94. The Labute approximate surface area is 177 Å². The van der Waals surface area contributed by atoms with E-state index in [2.05, 4.69) is 10.6 Å². The van der Waals surface area contributed by atoms with Crippen molar-refractivity contribution in [1.29, 1.82) is 0 Å². The summed E-state index contributed by atoms with van der Waals surface area (Å²) >= 11 is 0. The lowest BCUT2D eigenvalue weighted by molar-refractivity contribution is -0.142. The summed E-state index contributed by atoms with van der Waals surface area (Å²) in [5.74, 6) is -1.91. The summed E-state index contributed by atoms with van der Waals surface area (Å²) in [6, 6.07) is 14.8. The molecule has 2 unspecified atom stereocenters. The molecule has 2 amide bonds. The number of carboxylic acids is 1. The minimum absolute atomic E-state index is 0.159. The number of aliphatic carboxylic acids is 1. The Bertz CT molecular complexity index is 888. The largest absolute Gasteiger partial charge is 0.480 e. The summed E-state index contributed by atoms with van der Waals surface area (Å²) in [6.07, 6.45) is 0.430. The molecule has 6 nitrogen and oxygen atoms in total. The van der Waals surface area contributed by atoms with Crippen LogP contribution in [0, 0.1) is 12.3 Å². The highest BCUT2D eigenvalue weighted by atomic mass is 16.4. The van der Waals surface area contributed by atoms with E-state index < -0.39 is 29.4 Å². The summed E-state index contributed by atoms with van der Waals surface area (Å²) in [5.41, 5.74) is 2.06. The quantitative estimate of drug-likeness (QED) is 0.624. The molecule has 0 aliphatic heterocycles. The second-order valence-corrected chi connectivity index (χ2v) is 8.56. The van der Waals surface area contributed by atoms with Crippen molar-refractivity contribution in [2.75, 3.05) is 0 Å². The summed E-state index contributed by atoms with van der Waals surface area (Å²) in [4.78, 5) is 37.3. The molecule has 30 heavy (non-hydrogen) atoms. The van der Waals surface area contributed by atoms with Crippen LogP contribution in [0.1, 0.15) is 37.5 Å². The Hall–Kier alpha value is -3.15. The number of nitrogens with one attached hydrogen (secondary N) is 2. The molecule has 0 saturated heterocycles. The van der Waals surface area contributed by atoms with E-state index in [0.29, 0.717) is 0 Å². The monoisotopic (exact) mass is 410 g/mol. The fourth-order valence-electron chi connectivity index (χ4n) is 2.98. The molecule has 2 rings (SSSR count). The molecule has 0 radical (unpaired) electrons. The van der Waals surface area contributed by atoms with Gasteiger partial charge < -0.3 is 15.7 Å². The summed E-state index contributed by atoms with van der Waals surface area (Å²) in [5, 5.41) is 15.0. The van der Waals surface area contributed by atoms with Crippen molar-refractivity contribution in [3.63, 3.8) is 0 Å². The van der Waals surface area contributed by atoms with E-state index in [1.165, 1.54) is 0 Å². The van der Waals surface area contributed by atoms with Crippen LogP contribution >= 0.6 is 0 Å². The van der Waals surface area contributed by atoms with Crippen LogP contribution in [0.2, 0.25) is 0 Å². The molecule has 160 valence electrons. The van der Waals surface area contributed by atoms with E-state index in [1.54, 1.807) is 20.8 Å². The summed E-state index contributed by atoms with van der Waals surface area (Å²) < 4.78 is 0. The van der Waals surface area contributed by atoms with E-state index in [9.17, 15) is 19.5 Å². The van der Waals surface area contributed by atoms with Gasteiger partial charge in [0.05, 0.1) is 0 Å². The minimum Gasteiger partial charge on any atom is -0.480 e. The van der Waals surface area contributed by atoms with Crippen LogP contribution in [0.15, 0.2) is 54.6 Å². The van der Waals surface area contributed by atoms with Gasteiger partial charge in [0.2, 0.25) is 11.8 Å². The zero-order chi connectivity index (χ0) is 22.3. The number of aryl methyl sites for hydroxylation is 1. The standard InChI is InChI=1S/C24H30N2O4/c1-16-9-8-12-18(13-16)15-19(26-23(30)24(2,3)4)21(27)25-20(22(28)29)14-17-10-6-5-7-11-17/h5-13,19-20H,14-15H2,1-4H3,(H,25,27)(H,26,30)(H,28,29). The predicted octanol–water partition coefficient (Wildman–Crippen LogP) is 2.88. The van der Waals surface area contributed by atoms with Crippen molar-refractivity contribution < 1.29 is 19.5 Å². The average Bonchev–Trinajstić information content (AvgIpc) is 2.66. The van der Waals surface area contributed by atoms with Crippen LogP contribution in [0.4, 0.5) is 0 Å². The van der Waals surface area contributed by atoms with Crippen LogP contribution in [-0.2, 0) is 27.2 Å². The van der Waals surface area contributed by atoms with Crippen LogP contribution in [0.25, 0.3) is 0 Å². The molecule has 0 spiro atoms. The van der Waals surface area contributed by atoms with E-state index in [0.717, 1.165) is 16.7 Å². The number of carbonyl (C=O) groups is 3. The molecule has 0 bridgehead atoms. The highest BCUT2D eigenvalue weighted by Gasteiger charge is 2.30. The van der Waals surface area contributed by atoms with Gasteiger partial charge in [-0.15, -0.1) is 0 Å². The molecule has 2 atom stereocenters. The molecule has 2 aromatic rings. The van der Waals surface area contributed by atoms with E-state index in [4.69, 9.17) is 0 Å². The highest BCUT2D eigenvalue weighted by molar-refractivity contribution is 5.92. The van der Waals surface area contributed by atoms with Gasteiger partial charge in [0.1, 0.15) is 12.1 Å². The van der Waals surface area contributed by atoms with Crippen LogP contribution in [0.5, 0.6) is 0 Å². The molecule has 0 aliphatic carbocycles. The highest BCUT2D eigenvalue weighted by Crippen LogP contribution is 2.15. The van der Waals surface area contributed by atoms with Crippen LogP contribution < -0.4 is 10.6 Å². The zero-order valence-electron chi connectivity index (χ0n) is 17.9. The van der Waals surface area contributed by atoms with Gasteiger partial charge in [-0.3, -0.25) is 9.59 Å². The first-order chi connectivity index (χ1) is 14.1. The molecule has 0 saturated carbocycles. The second-order valence-electron chi connectivity index (χ2n) is 8.56. The van der Waals surface area contributed by atoms with Gasteiger partial charge in [-0.1, -0.05) is 80.9 Å². The van der Waals surface area contributed by atoms with Crippen molar-refractivity contribution in [3.05, 3.63) is 71.3 Å². The number of rotatable bonds is 8. The lowest BCUT2D eigenvalue weighted by Gasteiger charge is -2.25. The molecule has 0 aromatic heterocycles. The van der Waals surface area contributed by atoms with Crippen molar-refractivity contribution in [2.45, 2.75) is 52.6 Å². The van der Waals surface area contributed by atoms with Crippen molar-refractivity contribution >= 4 is 17.8 Å². The first-order valence-corrected chi connectivity index (χ1v) is 10.00. The summed E-state index contributed by atoms with van der Waals surface area (Å²) in [6.45, 7) is 7.24. The molecule has 0 fully saturated rings. The van der Waals surface area contributed by atoms with Gasteiger partial charge in [-0.05, 0) is 18.1 Å². The van der Waals surface area contributed by atoms with Crippen LogP contribution in [0.3, 0.4) is 0 Å². The maximum Gasteiger partial charge on any atom is 0.326 e. The molecule has 0 aliphatic rings. The SMILES string of the molecule is Cc1cccc(CC(NC(=O)C(C)(C)C)C(=O)NC(Cc2ccccc2)C(=O)O)c1. The van der Waals surface area contributed by atoms with Crippen LogP contribution in [-0.4, -0.2) is 35.0 Å². The Kier molecular flexibility index (Phi) is 7.75. The number of carboxylic acid groups (broad SMARTS) is 1. The Morgan fingerprint density at radius 3 is 2.03 bits per heavy atom. The number of carbonyl (C=O) groups excluding carboxylic acids is 2. The van der Waals surface area contributed by atoms with Gasteiger partial charge in [0.15, 0.2) is 0 Å². The first kappa shape index (κ1) is 23.1. The normalized spacial score (nSPS) is 13.2. The third kappa shape index (κ3) is 7.03. The van der Waals surface area contributed by atoms with Crippen molar-refractivity contribution in [2.24, 2.45) is 5.41 Å². The molecular weight excluding hydrogens is 380 g/mol. The number of benzene rings is 2. The number of hydrogen-bond acceptors (Lipinski definition) is 3. The average molecular weight is 411 g/mol. The smallest absolute Gasteiger partial charge is 0.326 e. The number of hydrogen-bond donors (Lipinski definition) is 3. The third-order valence-electron chi connectivity index (χ3n) is 4.72. The molecule has 3 N–H and O–H groups in total. The molecular formula is C24H30N2O4. The van der Waals surface area contributed by atoms with Crippen molar-refractivity contribution in [1.82, 2.24) is 10.6 Å². The topological polar surface area (TPSA) is 95.5 Å². The van der Waals surface area contributed by atoms with Gasteiger partial charge in [-0.2, -0.15) is 0 Å². The Morgan fingerprint density at radius 1 is 0.867 bits per heavy atom. The Morgan fingerprint density at radius 2 is 1.47 bits per heavy atom. The number of amides is 2. The molecule has 6 heteroatoms. The fourth-order valence-corrected chi connectivity index (χ4v) is 2.98. The maximum absolute atomic E-state index is 13.0. The molecule has 2 aromatic carbocycles. The van der Waals surface area contributed by atoms with Gasteiger partial charge in [-0.25, -0.2) is 4.79 Å². The fraction of sp³-hybridized carbons (Fsp3) is 0.375. The minimum atomic E-state index is -1.12. The van der Waals surface area contributed by atoms with E-state index in [1.807, 2.05) is 61.5 Å². The van der Waals surface area contributed by atoms with Gasteiger partial charge in [0, 0.05) is 18.3 Å². The first-order valence-electron chi connectivity index (χ1n) is 10.00. The molecule has 0 heterocycles. The Balaban J connectivity index is 2.20. The van der Waals surface area contributed by atoms with Gasteiger partial charge >= 0.3 is 5.97 Å². The zero-order valence-corrected chi connectivity index (χ0v) is 17.9. The van der Waals surface area contributed by atoms with E-state index in [-0.39, 0.29) is 18.7 Å². The third-order valence-corrected chi connectivity index (χ3v) is 4.72. The van der Waals surface area contributed by atoms with Crippen molar-refractivity contribution in [3.8, 4) is 0 Å². The lowest BCUT2D eigenvalue weighted by Crippen LogP contribution is -2.54. The second kappa shape index (κ2) is 10.1.